The van der Waals surface area contributed by atoms with Gasteiger partial charge < -0.3 is 16.0 Å². The fourth-order valence-electron chi connectivity index (χ4n) is 5.79. The molecule has 2 heterocycles. The Balaban J connectivity index is 1.41. The number of carbonyl (C=O) groups is 3. The molecule has 3 amide bonds. The summed E-state index contributed by atoms with van der Waals surface area (Å²) in [6.07, 6.45) is 14.1. The molecule has 1 aliphatic carbocycles. The van der Waals surface area contributed by atoms with Crippen LogP contribution in [0.1, 0.15) is 76.1 Å². The van der Waals surface area contributed by atoms with E-state index in [1.165, 1.54) is 37.0 Å². The molecule has 0 radical (unpaired) electrons. The van der Waals surface area contributed by atoms with Crippen molar-refractivity contribution in [3.8, 4) is 0 Å². The van der Waals surface area contributed by atoms with Gasteiger partial charge in [-0.3, -0.25) is 19.3 Å². The number of nitrogens with zero attached hydrogens (tertiary/aromatic N) is 2. The average molecular weight is 602 g/mol. The van der Waals surface area contributed by atoms with Crippen LogP contribution in [0, 0.1) is 5.92 Å². The fraction of sp³-hybridized carbons (Fsp3) is 0.613. The van der Waals surface area contributed by atoms with Gasteiger partial charge in [0.05, 0.1) is 15.2 Å². The summed E-state index contributed by atoms with van der Waals surface area (Å²) in [6.45, 7) is 5.26. The van der Waals surface area contributed by atoms with Crippen molar-refractivity contribution in [1.29, 1.82) is 0 Å². The molecule has 1 aliphatic heterocycles. The Bertz CT molecular complexity index is 1190. The summed E-state index contributed by atoms with van der Waals surface area (Å²) < 4.78 is 0.947. The highest BCUT2D eigenvalue weighted by Crippen LogP contribution is 2.28. The number of halogens is 1. The topological polar surface area (TPSA) is 103 Å². The minimum atomic E-state index is -0.753. The van der Waals surface area contributed by atoms with E-state index in [-0.39, 0.29) is 29.7 Å². The van der Waals surface area contributed by atoms with Crippen LogP contribution in [0.25, 0.3) is 10.2 Å². The lowest BCUT2D eigenvalue weighted by atomic mass is 9.83. The van der Waals surface area contributed by atoms with Gasteiger partial charge >= 0.3 is 0 Å². The van der Waals surface area contributed by atoms with Crippen molar-refractivity contribution in [3.05, 3.63) is 40.4 Å². The molecule has 0 unspecified atom stereocenters. The largest absolute Gasteiger partial charge is 0.350 e. The second-order valence-electron chi connectivity index (χ2n) is 11.3. The summed E-state index contributed by atoms with van der Waals surface area (Å²) in [5.74, 6) is -0.254. The molecule has 1 aromatic heterocycles. The van der Waals surface area contributed by atoms with Crippen LogP contribution in [-0.4, -0.2) is 65.9 Å². The molecular weight excluding hydrogens is 558 g/mol. The molecule has 1 saturated heterocycles. The van der Waals surface area contributed by atoms with E-state index in [1.807, 2.05) is 25.1 Å². The monoisotopic (exact) mass is 601 g/mol. The molecule has 2 fully saturated rings. The SMILES string of the molecule is CCCC(=O)N[C@@H](Cc1nc2ccc(Cl)cc2s1)C(=O)N[C@H](CNC(=O)/C=C/CN1CCCCC1)C1CCCCC1. The minimum Gasteiger partial charge on any atom is -0.350 e. The lowest BCUT2D eigenvalue weighted by Crippen LogP contribution is -2.55. The Labute approximate surface area is 252 Å². The zero-order valence-electron chi connectivity index (χ0n) is 24.1. The molecule has 2 aromatic rings. The predicted molar refractivity (Wildman–Crippen MR) is 166 cm³/mol. The zero-order valence-corrected chi connectivity index (χ0v) is 25.7. The Morgan fingerprint density at radius 3 is 2.61 bits per heavy atom. The van der Waals surface area contributed by atoms with Gasteiger partial charge in [0.1, 0.15) is 6.04 Å². The zero-order chi connectivity index (χ0) is 29.0. The van der Waals surface area contributed by atoms with Crippen LogP contribution in [0.3, 0.4) is 0 Å². The van der Waals surface area contributed by atoms with Crippen LogP contribution in [-0.2, 0) is 20.8 Å². The number of aromatic nitrogens is 1. The van der Waals surface area contributed by atoms with Crippen LogP contribution >= 0.6 is 22.9 Å². The van der Waals surface area contributed by atoms with E-state index < -0.39 is 6.04 Å². The van der Waals surface area contributed by atoms with E-state index in [0.29, 0.717) is 30.8 Å². The number of hydrogen-bond donors (Lipinski definition) is 3. The number of nitrogens with one attached hydrogen (secondary N) is 3. The van der Waals surface area contributed by atoms with Crippen molar-refractivity contribution in [2.45, 2.75) is 89.6 Å². The molecule has 2 atom stereocenters. The molecule has 8 nitrogen and oxygen atoms in total. The summed E-state index contributed by atoms with van der Waals surface area (Å²) in [7, 11) is 0. The number of carbonyl (C=O) groups excluding carboxylic acids is 3. The molecular formula is C31H44ClN5O3S. The number of thiazole rings is 1. The summed E-state index contributed by atoms with van der Waals surface area (Å²) in [4.78, 5) is 46.0. The van der Waals surface area contributed by atoms with Gasteiger partial charge in [-0.05, 0) is 69.3 Å². The molecule has 0 bridgehead atoms. The van der Waals surface area contributed by atoms with E-state index in [2.05, 4.69) is 25.8 Å². The lowest BCUT2D eigenvalue weighted by molar-refractivity contribution is -0.129. The highest BCUT2D eigenvalue weighted by Gasteiger charge is 2.30. The summed E-state index contributed by atoms with van der Waals surface area (Å²) in [5.41, 5.74) is 0.824. The normalized spacial score (nSPS) is 18.3. The molecule has 1 saturated carbocycles. The van der Waals surface area contributed by atoms with Crippen LogP contribution < -0.4 is 16.0 Å². The number of likely N-dealkylation sites (tertiary alicyclic amines) is 1. The lowest BCUT2D eigenvalue weighted by Gasteiger charge is -2.32. The van der Waals surface area contributed by atoms with Crippen molar-refractivity contribution >= 4 is 50.9 Å². The van der Waals surface area contributed by atoms with E-state index in [9.17, 15) is 14.4 Å². The van der Waals surface area contributed by atoms with Gasteiger partial charge in [-0.25, -0.2) is 4.98 Å². The predicted octanol–water partition coefficient (Wildman–Crippen LogP) is 5.00. The van der Waals surface area contributed by atoms with Gasteiger partial charge in [0.15, 0.2) is 0 Å². The third-order valence-corrected chi connectivity index (χ3v) is 9.30. The van der Waals surface area contributed by atoms with Crippen molar-refractivity contribution in [2.24, 2.45) is 5.92 Å². The molecule has 10 heteroatoms. The quantitative estimate of drug-likeness (QED) is 0.280. The van der Waals surface area contributed by atoms with Crippen molar-refractivity contribution in [3.63, 3.8) is 0 Å². The molecule has 224 valence electrons. The van der Waals surface area contributed by atoms with E-state index in [4.69, 9.17) is 11.6 Å². The maximum Gasteiger partial charge on any atom is 0.243 e. The Morgan fingerprint density at radius 1 is 1.10 bits per heavy atom. The maximum absolute atomic E-state index is 13.7. The average Bonchev–Trinajstić information content (AvgIpc) is 3.37. The first-order chi connectivity index (χ1) is 19.9. The van der Waals surface area contributed by atoms with Crippen LogP contribution in [0.4, 0.5) is 0 Å². The van der Waals surface area contributed by atoms with Gasteiger partial charge in [0.25, 0.3) is 0 Å². The smallest absolute Gasteiger partial charge is 0.243 e. The van der Waals surface area contributed by atoms with Gasteiger partial charge in [0.2, 0.25) is 17.7 Å². The number of piperidine rings is 1. The second-order valence-corrected chi connectivity index (χ2v) is 12.9. The number of fused-ring (bicyclic) bond motifs is 1. The Morgan fingerprint density at radius 2 is 1.85 bits per heavy atom. The summed E-state index contributed by atoms with van der Waals surface area (Å²) in [5, 5.41) is 10.6. The molecule has 4 rings (SSSR count). The number of amides is 3. The summed E-state index contributed by atoms with van der Waals surface area (Å²) >= 11 is 7.64. The van der Waals surface area contributed by atoms with Crippen molar-refractivity contribution in [2.75, 3.05) is 26.2 Å². The Hall–Kier alpha value is -2.49. The van der Waals surface area contributed by atoms with Gasteiger partial charge in [-0.2, -0.15) is 0 Å². The third kappa shape index (κ3) is 10.1. The minimum absolute atomic E-state index is 0.141. The number of benzene rings is 1. The van der Waals surface area contributed by atoms with E-state index in [0.717, 1.165) is 60.5 Å². The molecule has 0 spiro atoms. The fourth-order valence-corrected chi connectivity index (χ4v) is 7.08. The Kier molecular flexibility index (Phi) is 12.4. The standard InChI is InChI=1S/C31H44ClN5O3S/c1-2-10-29(39)34-25(20-30-35-24-15-14-23(32)19-27(24)41-30)31(40)36-26(22-11-5-3-6-12-22)21-33-28(38)13-9-18-37-16-7-4-8-17-37/h9,13-15,19,22,25-26H,2-8,10-12,16-18,20-21H2,1H3,(H,33,38)(H,34,39)(H,36,40)/b13-9+/t25-,26+/m0/s1. The highest BCUT2D eigenvalue weighted by atomic mass is 35.5. The van der Waals surface area contributed by atoms with Crippen molar-refractivity contribution < 1.29 is 14.4 Å². The van der Waals surface area contributed by atoms with Gasteiger partial charge in [0, 0.05) is 43.1 Å². The first kappa shape index (κ1) is 31.4. The second kappa shape index (κ2) is 16.2. The molecule has 1 aromatic carbocycles. The van der Waals surface area contributed by atoms with Crippen LogP contribution in [0.15, 0.2) is 30.4 Å². The van der Waals surface area contributed by atoms with E-state index in [1.54, 1.807) is 12.1 Å². The van der Waals surface area contributed by atoms with E-state index >= 15 is 0 Å². The molecule has 2 aliphatic rings. The number of hydrogen-bond acceptors (Lipinski definition) is 6. The molecule has 3 N–H and O–H groups in total. The van der Waals surface area contributed by atoms with Crippen LogP contribution in [0.5, 0.6) is 0 Å². The first-order valence-electron chi connectivity index (χ1n) is 15.2. The van der Waals surface area contributed by atoms with Crippen molar-refractivity contribution in [1.82, 2.24) is 25.8 Å². The van der Waals surface area contributed by atoms with Crippen LogP contribution in [0.2, 0.25) is 5.02 Å². The number of rotatable bonds is 13. The van der Waals surface area contributed by atoms with Gasteiger partial charge in [-0.1, -0.05) is 50.3 Å². The third-order valence-electron chi connectivity index (χ3n) is 8.03. The van der Waals surface area contributed by atoms with Gasteiger partial charge in [-0.15, -0.1) is 11.3 Å². The molecule has 41 heavy (non-hydrogen) atoms. The maximum atomic E-state index is 13.7. The first-order valence-corrected chi connectivity index (χ1v) is 16.4. The summed E-state index contributed by atoms with van der Waals surface area (Å²) in [6, 6.07) is 4.57. The highest BCUT2D eigenvalue weighted by molar-refractivity contribution is 7.18.